The molecule has 94 valence electrons. The summed E-state index contributed by atoms with van der Waals surface area (Å²) in [5.41, 5.74) is 0.380. The molecule has 0 amide bonds. The van der Waals surface area contributed by atoms with Crippen molar-refractivity contribution >= 4 is 11.9 Å². The summed E-state index contributed by atoms with van der Waals surface area (Å²) in [6, 6.07) is 2.79. The monoisotopic (exact) mass is 248 g/mol. The van der Waals surface area contributed by atoms with Crippen molar-refractivity contribution in [1.29, 1.82) is 0 Å². The van der Waals surface area contributed by atoms with Crippen LogP contribution in [0.5, 0.6) is 17.2 Å². The number of phenolic OH excluding ortho intramolecular Hbond substituents is 1. The highest BCUT2D eigenvalue weighted by molar-refractivity contribution is 5.83. The van der Waals surface area contributed by atoms with E-state index in [1.807, 2.05) is 0 Å². The molecule has 0 spiro atoms. The Labute approximate surface area is 104 Å². The second-order valence-corrected chi connectivity index (χ2v) is 3.83. The van der Waals surface area contributed by atoms with Gasteiger partial charge in [-0.05, 0) is 18.6 Å². The van der Waals surface area contributed by atoms with Gasteiger partial charge in [-0.3, -0.25) is 9.59 Å². The molecule has 1 aliphatic rings. The highest BCUT2D eigenvalue weighted by Gasteiger charge is 2.23. The number of ether oxygens (including phenoxy) is 2. The van der Waals surface area contributed by atoms with Crippen molar-refractivity contribution in [2.75, 3.05) is 0 Å². The van der Waals surface area contributed by atoms with Gasteiger partial charge in [-0.1, -0.05) is 6.08 Å². The molecule has 1 heterocycles. The number of hydrogen-bond acceptors (Lipinski definition) is 5. The molecule has 18 heavy (non-hydrogen) atoms. The van der Waals surface area contributed by atoms with Crippen LogP contribution in [0.3, 0.4) is 0 Å². The van der Waals surface area contributed by atoms with Crippen LogP contribution in [0.25, 0.3) is 0 Å². The van der Waals surface area contributed by atoms with Crippen molar-refractivity contribution in [3.63, 3.8) is 0 Å². The first-order valence-electron chi connectivity index (χ1n) is 5.49. The summed E-state index contributed by atoms with van der Waals surface area (Å²) in [5, 5.41) is 9.73. The predicted octanol–water partition coefficient (Wildman–Crippen LogP) is 1.73. The van der Waals surface area contributed by atoms with Crippen molar-refractivity contribution in [3.8, 4) is 17.2 Å². The molecule has 1 N–H and O–H groups in total. The lowest BCUT2D eigenvalue weighted by atomic mass is 10.1. The molecule has 5 nitrogen and oxygen atoms in total. The third-order valence-corrected chi connectivity index (χ3v) is 2.52. The first kappa shape index (κ1) is 12.2. The van der Waals surface area contributed by atoms with Gasteiger partial charge in [0, 0.05) is 5.56 Å². The van der Waals surface area contributed by atoms with Crippen LogP contribution >= 0.6 is 0 Å². The van der Waals surface area contributed by atoms with E-state index < -0.39 is 11.9 Å². The molecule has 0 atom stereocenters. The Morgan fingerprint density at radius 1 is 1.22 bits per heavy atom. The first-order chi connectivity index (χ1) is 8.61. The normalized spacial score (nSPS) is 14.9. The first-order valence-corrected chi connectivity index (χ1v) is 5.49. The molecule has 0 unspecified atom stereocenters. The van der Waals surface area contributed by atoms with Gasteiger partial charge in [0.15, 0.2) is 11.5 Å². The highest BCUT2D eigenvalue weighted by atomic mass is 16.6. The number of aromatic hydroxyl groups is 1. The summed E-state index contributed by atoms with van der Waals surface area (Å²) in [5.74, 6) is -0.819. The number of allylic oxidation sites excluding steroid dienone is 1. The summed E-state index contributed by atoms with van der Waals surface area (Å²) < 4.78 is 10.2. The Morgan fingerprint density at radius 3 is 2.56 bits per heavy atom. The van der Waals surface area contributed by atoms with E-state index in [-0.39, 0.29) is 30.1 Å². The van der Waals surface area contributed by atoms with Gasteiger partial charge < -0.3 is 14.6 Å². The van der Waals surface area contributed by atoms with Crippen molar-refractivity contribution < 1.29 is 24.2 Å². The number of hydrogen-bond donors (Lipinski definition) is 1. The summed E-state index contributed by atoms with van der Waals surface area (Å²) in [6.07, 6.45) is 1.81. The third-order valence-electron chi connectivity index (χ3n) is 2.52. The zero-order valence-electron chi connectivity index (χ0n) is 9.64. The molecule has 2 rings (SSSR count). The van der Waals surface area contributed by atoms with E-state index in [9.17, 15) is 14.7 Å². The SMILES string of the molecule is C=CCc1c(O)ccc2c1OC(=O)CCC(=O)O2. The summed E-state index contributed by atoms with van der Waals surface area (Å²) in [4.78, 5) is 22.9. The van der Waals surface area contributed by atoms with Gasteiger partial charge in [-0.2, -0.15) is 0 Å². The molecule has 0 saturated heterocycles. The van der Waals surface area contributed by atoms with E-state index in [1.165, 1.54) is 12.1 Å². The van der Waals surface area contributed by atoms with Crippen molar-refractivity contribution in [2.45, 2.75) is 19.3 Å². The number of fused-ring (bicyclic) bond motifs is 1. The van der Waals surface area contributed by atoms with Crippen LogP contribution < -0.4 is 9.47 Å². The molecular formula is C13H12O5. The number of rotatable bonds is 2. The Hall–Kier alpha value is -2.30. The van der Waals surface area contributed by atoms with Crippen LogP contribution in [-0.4, -0.2) is 17.0 Å². The van der Waals surface area contributed by atoms with Crippen LogP contribution in [0.4, 0.5) is 0 Å². The zero-order valence-corrected chi connectivity index (χ0v) is 9.64. The molecule has 5 heteroatoms. The Bertz CT molecular complexity index is 518. The van der Waals surface area contributed by atoms with Gasteiger partial charge in [-0.25, -0.2) is 0 Å². The van der Waals surface area contributed by atoms with E-state index in [1.54, 1.807) is 6.08 Å². The van der Waals surface area contributed by atoms with E-state index in [0.717, 1.165) is 0 Å². The molecule has 0 bridgehead atoms. The lowest BCUT2D eigenvalue weighted by Crippen LogP contribution is -2.19. The largest absolute Gasteiger partial charge is 0.508 e. The molecule has 0 fully saturated rings. The smallest absolute Gasteiger partial charge is 0.311 e. The van der Waals surface area contributed by atoms with E-state index in [2.05, 4.69) is 6.58 Å². The minimum atomic E-state index is -0.524. The second kappa shape index (κ2) is 4.91. The van der Waals surface area contributed by atoms with Gasteiger partial charge in [0.1, 0.15) is 5.75 Å². The minimum Gasteiger partial charge on any atom is -0.508 e. The van der Waals surface area contributed by atoms with Gasteiger partial charge >= 0.3 is 11.9 Å². The average molecular weight is 248 g/mol. The molecule has 0 aliphatic carbocycles. The van der Waals surface area contributed by atoms with Gasteiger partial charge in [-0.15, -0.1) is 6.58 Å². The summed E-state index contributed by atoms with van der Waals surface area (Å²) in [7, 11) is 0. The highest BCUT2D eigenvalue weighted by Crippen LogP contribution is 2.38. The fraction of sp³-hybridized carbons (Fsp3) is 0.231. The Kier molecular flexibility index (Phi) is 3.32. The molecule has 0 aromatic heterocycles. The molecule has 1 aliphatic heterocycles. The average Bonchev–Trinajstić information content (AvgIpc) is 2.33. The lowest BCUT2D eigenvalue weighted by Gasteiger charge is -2.17. The van der Waals surface area contributed by atoms with Crippen LogP contribution in [0.1, 0.15) is 18.4 Å². The topological polar surface area (TPSA) is 72.8 Å². The lowest BCUT2D eigenvalue weighted by molar-refractivity contribution is -0.142. The number of phenols is 1. The van der Waals surface area contributed by atoms with Gasteiger partial charge in [0.05, 0.1) is 12.8 Å². The molecule has 0 saturated carbocycles. The molecular weight excluding hydrogens is 236 g/mol. The van der Waals surface area contributed by atoms with Crippen molar-refractivity contribution in [2.24, 2.45) is 0 Å². The standard InChI is InChI=1S/C13H12O5/c1-2-3-8-9(14)4-5-10-13(8)18-12(16)7-6-11(15)17-10/h2,4-5,14H,1,3,6-7H2. The fourth-order valence-electron chi connectivity index (χ4n) is 1.67. The predicted molar refractivity (Wildman–Crippen MR) is 62.5 cm³/mol. The van der Waals surface area contributed by atoms with Crippen molar-refractivity contribution in [1.82, 2.24) is 0 Å². The van der Waals surface area contributed by atoms with E-state index in [4.69, 9.17) is 9.47 Å². The van der Waals surface area contributed by atoms with Crippen molar-refractivity contribution in [3.05, 3.63) is 30.4 Å². The third kappa shape index (κ3) is 2.34. The molecule has 1 aromatic carbocycles. The van der Waals surface area contributed by atoms with Crippen LogP contribution in [-0.2, 0) is 16.0 Å². The fourth-order valence-corrected chi connectivity index (χ4v) is 1.67. The Balaban J connectivity index is 2.53. The second-order valence-electron chi connectivity index (χ2n) is 3.83. The van der Waals surface area contributed by atoms with Gasteiger partial charge in [0.25, 0.3) is 0 Å². The molecule has 1 aromatic rings. The number of benzene rings is 1. The molecule has 0 radical (unpaired) electrons. The number of esters is 2. The zero-order chi connectivity index (χ0) is 13.1. The number of carbonyl (C=O) groups is 2. The summed E-state index contributed by atoms with van der Waals surface area (Å²) in [6.45, 7) is 3.56. The van der Waals surface area contributed by atoms with E-state index in [0.29, 0.717) is 12.0 Å². The minimum absolute atomic E-state index is 0.0179. The number of carbonyl (C=O) groups excluding carboxylic acids is 2. The van der Waals surface area contributed by atoms with E-state index >= 15 is 0 Å². The maximum atomic E-state index is 11.5. The summed E-state index contributed by atoms with van der Waals surface area (Å²) >= 11 is 0. The van der Waals surface area contributed by atoms with Crippen LogP contribution in [0.15, 0.2) is 24.8 Å². The maximum Gasteiger partial charge on any atom is 0.311 e. The van der Waals surface area contributed by atoms with Crippen LogP contribution in [0, 0.1) is 0 Å². The Morgan fingerprint density at radius 2 is 1.89 bits per heavy atom. The quantitative estimate of drug-likeness (QED) is 0.490. The van der Waals surface area contributed by atoms with Crippen LogP contribution in [0.2, 0.25) is 0 Å². The van der Waals surface area contributed by atoms with Gasteiger partial charge in [0.2, 0.25) is 0 Å². The maximum absolute atomic E-state index is 11.5.